The quantitative estimate of drug-likeness (QED) is 0.309. The van der Waals surface area contributed by atoms with Gasteiger partial charge >= 0.3 is 6.09 Å². The van der Waals surface area contributed by atoms with Gasteiger partial charge in [0.15, 0.2) is 0 Å². The number of rotatable bonds is 8. The average Bonchev–Trinajstić information content (AvgIpc) is 2.95. The summed E-state index contributed by atoms with van der Waals surface area (Å²) < 4.78 is 14.3. The Labute approximate surface area is 228 Å². The lowest BCUT2D eigenvalue weighted by Crippen LogP contribution is -2.49. The second-order valence-corrected chi connectivity index (χ2v) is 9.49. The van der Waals surface area contributed by atoms with Crippen molar-refractivity contribution in [3.8, 4) is 11.3 Å². The number of carboxylic acid groups (broad SMARTS) is 1. The third-order valence-electron chi connectivity index (χ3n) is 6.62. The molecule has 4 aromatic rings. The van der Waals surface area contributed by atoms with Crippen molar-refractivity contribution in [1.82, 2.24) is 25.0 Å². The minimum Gasteiger partial charge on any atom is -0.465 e. The number of hydrogen-bond acceptors (Lipinski definition) is 7. The Bertz CT molecular complexity index is 1510. The van der Waals surface area contributed by atoms with Crippen molar-refractivity contribution in [1.29, 1.82) is 0 Å². The van der Waals surface area contributed by atoms with Crippen LogP contribution in [0.15, 0.2) is 60.9 Å². The zero-order chi connectivity index (χ0) is 27.4. The molecule has 0 bridgehead atoms. The lowest BCUT2D eigenvalue weighted by atomic mass is 10.1. The number of carbonyl (C=O) groups is 2. The van der Waals surface area contributed by atoms with Crippen LogP contribution in [0.5, 0.6) is 0 Å². The highest BCUT2D eigenvalue weighted by Crippen LogP contribution is 2.30. The summed E-state index contributed by atoms with van der Waals surface area (Å²) in [5.41, 5.74) is 3.34. The minimum absolute atomic E-state index is 0.251. The van der Waals surface area contributed by atoms with Crippen molar-refractivity contribution < 1.29 is 19.1 Å². The number of hydrogen-bond donors (Lipinski definition) is 2. The number of carbonyl (C=O) groups excluding carboxylic acids is 1. The van der Waals surface area contributed by atoms with Gasteiger partial charge in [0.1, 0.15) is 5.82 Å². The maximum absolute atomic E-state index is 14.3. The van der Waals surface area contributed by atoms with Gasteiger partial charge in [0.05, 0.1) is 23.1 Å². The summed E-state index contributed by atoms with van der Waals surface area (Å²) >= 11 is 6.04. The van der Waals surface area contributed by atoms with E-state index in [0.29, 0.717) is 66.9 Å². The van der Waals surface area contributed by atoms with E-state index in [4.69, 9.17) is 16.7 Å². The van der Waals surface area contributed by atoms with Crippen LogP contribution in [0.25, 0.3) is 22.2 Å². The Hall–Kier alpha value is -4.35. The first-order valence-corrected chi connectivity index (χ1v) is 12.6. The van der Waals surface area contributed by atoms with Gasteiger partial charge in [0.25, 0.3) is 0 Å². The van der Waals surface area contributed by atoms with Crippen molar-refractivity contribution in [2.75, 3.05) is 49.5 Å². The summed E-state index contributed by atoms with van der Waals surface area (Å²) in [5, 5.41) is 21.7. The third kappa shape index (κ3) is 6.05. The van der Waals surface area contributed by atoms with Gasteiger partial charge in [-0.3, -0.25) is 14.7 Å². The molecule has 1 aliphatic rings. The molecule has 0 radical (unpaired) electrons. The predicted octanol–water partition coefficient (Wildman–Crippen LogP) is 4.49. The lowest BCUT2D eigenvalue weighted by molar-refractivity contribution is -0.107. The molecule has 0 atom stereocenters. The van der Waals surface area contributed by atoms with E-state index in [2.05, 4.69) is 25.4 Å². The highest BCUT2D eigenvalue weighted by molar-refractivity contribution is 6.30. The number of piperazine rings is 1. The monoisotopic (exact) mass is 549 g/mol. The van der Waals surface area contributed by atoms with E-state index in [-0.39, 0.29) is 5.56 Å². The molecule has 0 aliphatic carbocycles. The van der Waals surface area contributed by atoms with Gasteiger partial charge in [-0.15, -0.1) is 0 Å². The standard InChI is InChI=1S/C27H25ClFN7O3/c28-18-1-4-23(29)22(13-18)26-14-19(16-31-33-26)32-24-5-6-30-25-15-20(2-3-21(24)25)36(17-37)12-9-34-7-10-35(11-8-34)27(38)39/h1-6,13-17H,7-12H2,(H,38,39)(H,30,32,33). The highest BCUT2D eigenvalue weighted by Gasteiger charge is 2.21. The van der Waals surface area contributed by atoms with E-state index >= 15 is 0 Å². The second-order valence-electron chi connectivity index (χ2n) is 9.05. The fourth-order valence-electron chi connectivity index (χ4n) is 4.49. The Kier molecular flexibility index (Phi) is 7.80. The molecule has 2 N–H and O–H groups in total. The van der Waals surface area contributed by atoms with Crippen LogP contribution in [0.4, 0.5) is 26.2 Å². The van der Waals surface area contributed by atoms with Crippen LogP contribution < -0.4 is 10.2 Å². The maximum Gasteiger partial charge on any atom is 0.407 e. The Morgan fingerprint density at radius 1 is 1.13 bits per heavy atom. The molecule has 0 unspecified atom stereocenters. The topological polar surface area (TPSA) is 115 Å². The van der Waals surface area contributed by atoms with E-state index in [0.717, 1.165) is 17.5 Å². The Balaban J connectivity index is 1.31. The van der Waals surface area contributed by atoms with Gasteiger partial charge < -0.3 is 20.2 Å². The van der Waals surface area contributed by atoms with E-state index < -0.39 is 11.9 Å². The van der Waals surface area contributed by atoms with Crippen molar-refractivity contribution in [2.24, 2.45) is 0 Å². The van der Waals surface area contributed by atoms with Crippen molar-refractivity contribution in [2.45, 2.75) is 0 Å². The van der Waals surface area contributed by atoms with Crippen LogP contribution in [0.3, 0.4) is 0 Å². The van der Waals surface area contributed by atoms with E-state index in [1.54, 1.807) is 17.2 Å². The number of anilines is 3. The van der Waals surface area contributed by atoms with Crippen molar-refractivity contribution >= 4 is 52.1 Å². The molecule has 1 fully saturated rings. The molecule has 2 amide bonds. The third-order valence-corrected chi connectivity index (χ3v) is 6.86. The first-order valence-electron chi connectivity index (χ1n) is 12.3. The van der Waals surface area contributed by atoms with Crippen molar-refractivity contribution in [3.05, 3.63) is 71.8 Å². The fourth-order valence-corrected chi connectivity index (χ4v) is 4.67. The Morgan fingerprint density at radius 3 is 2.72 bits per heavy atom. The normalized spacial score (nSPS) is 13.8. The maximum atomic E-state index is 14.3. The number of amides is 2. The van der Waals surface area contributed by atoms with E-state index in [9.17, 15) is 14.0 Å². The highest BCUT2D eigenvalue weighted by atomic mass is 35.5. The van der Waals surface area contributed by atoms with Crippen LogP contribution in [-0.2, 0) is 4.79 Å². The number of nitrogens with zero attached hydrogens (tertiary/aromatic N) is 6. The summed E-state index contributed by atoms with van der Waals surface area (Å²) in [5.74, 6) is -0.449. The number of nitrogens with one attached hydrogen (secondary N) is 1. The molecule has 1 aliphatic heterocycles. The zero-order valence-electron chi connectivity index (χ0n) is 20.8. The van der Waals surface area contributed by atoms with Crippen LogP contribution >= 0.6 is 11.6 Å². The molecule has 2 aromatic carbocycles. The van der Waals surface area contributed by atoms with Gasteiger partial charge in [0, 0.05) is 72.8 Å². The average molecular weight is 550 g/mol. The molecule has 2 aromatic heterocycles. The first-order chi connectivity index (χ1) is 18.9. The summed E-state index contributed by atoms with van der Waals surface area (Å²) in [6.07, 6.45) is 3.08. The van der Waals surface area contributed by atoms with E-state index in [1.165, 1.54) is 29.3 Å². The number of pyridine rings is 1. The SMILES string of the molecule is O=CN(CCN1CCN(C(=O)O)CC1)c1ccc2c(Nc3cnnc(-c4cc(Cl)ccc4F)c3)ccnc2c1. The lowest BCUT2D eigenvalue weighted by Gasteiger charge is -2.33. The molecule has 200 valence electrons. The van der Waals surface area contributed by atoms with Gasteiger partial charge in [-0.25, -0.2) is 9.18 Å². The first kappa shape index (κ1) is 26.3. The molecule has 1 saturated heterocycles. The molecule has 5 rings (SSSR count). The number of benzene rings is 2. The van der Waals surface area contributed by atoms with Crippen LogP contribution in [0.2, 0.25) is 5.02 Å². The van der Waals surface area contributed by atoms with Gasteiger partial charge in [-0.2, -0.15) is 10.2 Å². The van der Waals surface area contributed by atoms with Gasteiger partial charge in [-0.05, 0) is 48.5 Å². The zero-order valence-corrected chi connectivity index (χ0v) is 21.6. The van der Waals surface area contributed by atoms with Crippen LogP contribution in [0.1, 0.15) is 0 Å². The number of fused-ring (bicyclic) bond motifs is 1. The molecule has 12 heteroatoms. The Morgan fingerprint density at radius 2 is 1.95 bits per heavy atom. The smallest absolute Gasteiger partial charge is 0.407 e. The van der Waals surface area contributed by atoms with Gasteiger partial charge in [-0.1, -0.05) is 11.6 Å². The summed E-state index contributed by atoms with van der Waals surface area (Å²) in [6.45, 7) is 3.25. The summed E-state index contributed by atoms with van der Waals surface area (Å²) in [4.78, 5) is 32.6. The fraction of sp³-hybridized carbons (Fsp3) is 0.222. The predicted molar refractivity (Wildman–Crippen MR) is 147 cm³/mol. The molecule has 39 heavy (non-hydrogen) atoms. The van der Waals surface area contributed by atoms with Crippen LogP contribution in [0, 0.1) is 5.82 Å². The number of aromatic nitrogens is 3. The molecule has 0 saturated carbocycles. The summed E-state index contributed by atoms with van der Waals surface area (Å²) in [6, 6.07) is 13.3. The van der Waals surface area contributed by atoms with Crippen LogP contribution in [-0.4, -0.2) is 81.9 Å². The van der Waals surface area contributed by atoms with Crippen molar-refractivity contribution in [3.63, 3.8) is 0 Å². The molecule has 3 heterocycles. The second kappa shape index (κ2) is 11.6. The molecular formula is C27H25ClFN7O3. The van der Waals surface area contributed by atoms with Gasteiger partial charge in [0.2, 0.25) is 6.41 Å². The molecule has 0 spiro atoms. The summed E-state index contributed by atoms with van der Waals surface area (Å²) in [7, 11) is 0. The minimum atomic E-state index is -0.905. The van der Waals surface area contributed by atoms with E-state index in [1.807, 2.05) is 24.3 Å². The molecular weight excluding hydrogens is 525 g/mol. The number of halogens is 2. The molecule has 10 nitrogen and oxygen atoms in total. The largest absolute Gasteiger partial charge is 0.465 e.